The van der Waals surface area contributed by atoms with Crippen LogP contribution in [0.3, 0.4) is 0 Å². The highest BCUT2D eigenvalue weighted by atomic mass is 16.3. The maximum Gasteiger partial charge on any atom is 0.0703 e. The van der Waals surface area contributed by atoms with Gasteiger partial charge in [-0.15, -0.1) is 0 Å². The minimum absolute atomic E-state index is 0.258. The van der Waals surface area contributed by atoms with E-state index in [4.69, 9.17) is 0 Å². The van der Waals surface area contributed by atoms with E-state index in [0.717, 1.165) is 6.42 Å². The molecule has 2 aliphatic rings. The van der Waals surface area contributed by atoms with Crippen molar-refractivity contribution in [1.82, 2.24) is 0 Å². The van der Waals surface area contributed by atoms with Crippen molar-refractivity contribution in [2.45, 2.75) is 76.7 Å². The first kappa shape index (κ1) is 11.4. The Morgan fingerprint density at radius 1 is 1.00 bits per heavy atom. The molecule has 0 amide bonds. The zero-order valence-electron chi connectivity index (χ0n) is 10.2. The van der Waals surface area contributed by atoms with E-state index in [2.05, 4.69) is 6.92 Å². The summed E-state index contributed by atoms with van der Waals surface area (Å²) in [6.45, 7) is 2.24. The average Bonchev–Trinajstić information content (AvgIpc) is 2.17. The average molecular weight is 210 g/mol. The van der Waals surface area contributed by atoms with Crippen LogP contribution in [-0.2, 0) is 0 Å². The van der Waals surface area contributed by atoms with Crippen LogP contribution in [0.1, 0.15) is 71.1 Å². The minimum Gasteiger partial charge on any atom is -0.389 e. The summed E-state index contributed by atoms with van der Waals surface area (Å²) in [5.74, 6) is 1.28. The molecule has 0 aromatic rings. The van der Waals surface area contributed by atoms with Gasteiger partial charge >= 0.3 is 0 Å². The van der Waals surface area contributed by atoms with Gasteiger partial charge in [0.2, 0.25) is 0 Å². The number of fused-ring (bicyclic) bond motifs is 2. The maximum atomic E-state index is 10.9. The third-order valence-electron chi connectivity index (χ3n) is 4.81. The molecule has 0 unspecified atom stereocenters. The third kappa shape index (κ3) is 2.22. The van der Waals surface area contributed by atoms with Gasteiger partial charge in [-0.3, -0.25) is 0 Å². The zero-order valence-corrected chi connectivity index (χ0v) is 10.2. The molecule has 2 rings (SSSR count). The Hall–Kier alpha value is -0.0400. The molecule has 1 heteroatoms. The van der Waals surface area contributed by atoms with Gasteiger partial charge in [0.15, 0.2) is 0 Å². The van der Waals surface area contributed by atoms with Crippen LogP contribution in [0.5, 0.6) is 0 Å². The summed E-state index contributed by atoms with van der Waals surface area (Å²) < 4.78 is 0. The van der Waals surface area contributed by atoms with E-state index in [-0.39, 0.29) is 5.60 Å². The summed E-state index contributed by atoms with van der Waals surface area (Å²) >= 11 is 0. The quantitative estimate of drug-likeness (QED) is 0.698. The van der Waals surface area contributed by atoms with Crippen LogP contribution in [0.25, 0.3) is 0 Å². The van der Waals surface area contributed by atoms with Gasteiger partial charge in [0.05, 0.1) is 5.60 Å². The van der Waals surface area contributed by atoms with Gasteiger partial charge in [-0.25, -0.2) is 0 Å². The molecule has 0 atom stereocenters. The van der Waals surface area contributed by atoms with E-state index in [1.165, 1.54) is 57.8 Å². The van der Waals surface area contributed by atoms with Crippen LogP contribution < -0.4 is 0 Å². The fourth-order valence-electron chi connectivity index (χ4n) is 3.91. The lowest BCUT2D eigenvalue weighted by Crippen LogP contribution is -2.50. The first-order valence-corrected chi connectivity index (χ1v) is 6.99. The van der Waals surface area contributed by atoms with Gasteiger partial charge in [0, 0.05) is 0 Å². The standard InChI is InChI=1S/C14H26O/c1-2-3-4-11-14(15)12-7-5-8-13(14)10-6-9-12/h12-13,15H,2-11H2,1H3. The van der Waals surface area contributed by atoms with Crippen molar-refractivity contribution in [2.24, 2.45) is 11.8 Å². The zero-order chi connectivity index (χ0) is 10.7. The summed E-state index contributed by atoms with van der Waals surface area (Å²) in [5, 5.41) is 10.9. The maximum absolute atomic E-state index is 10.9. The fourth-order valence-corrected chi connectivity index (χ4v) is 3.91. The highest BCUT2D eigenvalue weighted by molar-refractivity contribution is 4.98. The molecule has 1 nitrogen and oxygen atoms in total. The van der Waals surface area contributed by atoms with Gasteiger partial charge in [0.1, 0.15) is 0 Å². The second kappa shape index (κ2) is 4.86. The Balaban J connectivity index is 1.96. The Labute approximate surface area is 94.3 Å². The number of aliphatic hydroxyl groups is 1. The molecule has 0 saturated heterocycles. The van der Waals surface area contributed by atoms with Crippen LogP contribution in [0.4, 0.5) is 0 Å². The molecule has 2 fully saturated rings. The van der Waals surface area contributed by atoms with E-state index in [0.29, 0.717) is 11.8 Å². The topological polar surface area (TPSA) is 20.2 Å². The molecular weight excluding hydrogens is 184 g/mol. The van der Waals surface area contributed by atoms with Crippen molar-refractivity contribution in [3.05, 3.63) is 0 Å². The lowest BCUT2D eigenvalue weighted by Gasteiger charge is -2.50. The normalized spacial score (nSPS) is 40.4. The predicted octanol–water partition coefficient (Wildman–Crippen LogP) is 3.90. The SMILES string of the molecule is CCCCCC1(O)C2CCCC1CCC2. The number of hydrogen-bond donors (Lipinski definition) is 1. The van der Waals surface area contributed by atoms with E-state index in [9.17, 15) is 5.11 Å². The predicted molar refractivity (Wildman–Crippen MR) is 63.8 cm³/mol. The Bertz CT molecular complexity index is 178. The van der Waals surface area contributed by atoms with Crippen molar-refractivity contribution >= 4 is 0 Å². The molecule has 0 spiro atoms. The van der Waals surface area contributed by atoms with Crippen molar-refractivity contribution in [2.75, 3.05) is 0 Å². The van der Waals surface area contributed by atoms with Crippen molar-refractivity contribution in [3.63, 3.8) is 0 Å². The van der Waals surface area contributed by atoms with Crippen molar-refractivity contribution in [3.8, 4) is 0 Å². The van der Waals surface area contributed by atoms with Crippen molar-refractivity contribution in [1.29, 1.82) is 0 Å². The largest absolute Gasteiger partial charge is 0.389 e. The molecule has 1 N–H and O–H groups in total. The number of rotatable bonds is 4. The molecule has 88 valence electrons. The summed E-state index contributed by atoms with van der Waals surface area (Å²) in [4.78, 5) is 0. The second-order valence-electron chi connectivity index (χ2n) is 5.70. The van der Waals surface area contributed by atoms with Crippen molar-refractivity contribution < 1.29 is 5.11 Å². The van der Waals surface area contributed by atoms with E-state index in [1.807, 2.05) is 0 Å². The summed E-state index contributed by atoms with van der Waals surface area (Å²) in [7, 11) is 0. The number of unbranched alkanes of at least 4 members (excludes halogenated alkanes) is 2. The molecule has 0 radical (unpaired) electrons. The van der Waals surface area contributed by atoms with Gasteiger partial charge < -0.3 is 5.11 Å². The van der Waals surface area contributed by atoms with Gasteiger partial charge in [-0.2, -0.15) is 0 Å². The lowest BCUT2D eigenvalue weighted by atomic mass is 9.60. The molecule has 0 heterocycles. The first-order valence-electron chi connectivity index (χ1n) is 6.99. The molecule has 0 aliphatic heterocycles. The van der Waals surface area contributed by atoms with E-state index >= 15 is 0 Å². The highest BCUT2D eigenvalue weighted by Gasteiger charge is 2.47. The van der Waals surface area contributed by atoms with E-state index in [1.54, 1.807) is 0 Å². The Morgan fingerprint density at radius 2 is 1.53 bits per heavy atom. The van der Waals surface area contributed by atoms with Gasteiger partial charge in [-0.1, -0.05) is 39.0 Å². The van der Waals surface area contributed by atoms with Gasteiger partial charge in [-0.05, 0) is 43.9 Å². The Morgan fingerprint density at radius 3 is 2.00 bits per heavy atom. The molecule has 0 aromatic carbocycles. The van der Waals surface area contributed by atoms with Crippen LogP contribution >= 0.6 is 0 Å². The Kier molecular flexibility index (Phi) is 3.71. The molecule has 2 saturated carbocycles. The van der Waals surface area contributed by atoms with Crippen LogP contribution in [0, 0.1) is 11.8 Å². The minimum atomic E-state index is -0.258. The molecular formula is C14H26O. The molecule has 2 bridgehead atoms. The molecule has 15 heavy (non-hydrogen) atoms. The fraction of sp³-hybridized carbons (Fsp3) is 1.00. The summed E-state index contributed by atoms with van der Waals surface area (Å²) in [6, 6.07) is 0. The number of hydrogen-bond acceptors (Lipinski definition) is 1. The summed E-state index contributed by atoms with van der Waals surface area (Å²) in [5.41, 5.74) is -0.258. The monoisotopic (exact) mass is 210 g/mol. The highest BCUT2D eigenvalue weighted by Crippen LogP contribution is 2.49. The lowest BCUT2D eigenvalue weighted by molar-refractivity contribution is -0.125. The summed E-state index contributed by atoms with van der Waals surface area (Å²) in [6.07, 6.45) is 12.8. The first-order chi connectivity index (χ1) is 7.27. The second-order valence-corrected chi connectivity index (χ2v) is 5.70. The van der Waals surface area contributed by atoms with E-state index < -0.39 is 0 Å². The molecule has 0 aromatic heterocycles. The van der Waals surface area contributed by atoms with Gasteiger partial charge in [0.25, 0.3) is 0 Å². The van der Waals surface area contributed by atoms with Crippen LogP contribution in [-0.4, -0.2) is 10.7 Å². The smallest absolute Gasteiger partial charge is 0.0703 e. The van der Waals surface area contributed by atoms with Crippen LogP contribution in [0.2, 0.25) is 0 Å². The third-order valence-corrected chi connectivity index (χ3v) is 4.81. The molecule has 2 aliphatic carbocycles. The van der Waals surface area contributed by atoms with Crippen LogP contribution in [0.15, 0.2) is 0 Å².